The SMILES string of the molecule is COC(=O)C(Cc1c[nH]c2ccccc12)NC(=O)c1cccnc1OC1CCSC1. The van der Waals surface area contributed by atoms with E-state index >= 15 is 0 Å². The van der Waals surface area contributed by atoms with Crippen LogP contribution in [-0.2, 0) is 16.0 Å². The third-order valence-corrected chi connectivity index (χ3v) is 6.20. The van der Waals surface area contributed by atoms with Gasteiger partial charge in [0.15, 0.2) is 0 Å². The maximum Gasteiger partial charge on any atom is 0.328 e. The van der Waals surface area contributed by atoms with Gasteiger partial charge in [-0.1, -0.05) is 18.2 Å². The highest BCUT2D eigenvalue weighted by atomic mass is 32.2. The van der Waals surface area contributed by atoms with E-state index in [0.29, 0.717) is 17.9 Å². The van der Waals surface area contributed by atoms with Crippen LogP contribution in [0.1, 0.15) is 22.3 Å². The van der Waals surface area contributed by atoms with Gasteiger partial charge in [-0.2, -0.15) is 11.8 Å². The van der Waals surface area contributed by atoms with E-state index in [1.54, 1.807) is 18.3 Å². The Balaban J connectivity index is 1.53. The van der Waals surface area contributed by atoms with Crippen molar-refractivity contribution in [2.75, 3.05) is 18.6 Å². The first-order valence-electron chi connectivity index (χ1n) is 9.79. The highest BCUT2D eigenvalue weighted by molar-refractivity contribution is 7.99. The molecule has 7 nitrogen and oxygen atoms in total. The number of amides is 1. The van der Waals surface area contributed by atoms with Gasteiger partial charge in [0.2, 0.25) is 5.88 Å². The van der Waals surface area contributed by atoms with Gasteiger partial charge in [0.05, 0.1) is 7.11 Å². The zero-order valence-electron chi connectivity index (χ0n) is 16.6. The first-order valence-corrected chi connectivity index (χ1v) is 10.9. The molecule has 2 N–H and O–H groups in total. The van der Waals surface area contributed by atoms with Crippen molar-refractivity contribution >= 4 is 34.5 Å². The number of nitrogens with zero attached hydrogens (tertiary/aromatic N) is 1. The second kappa shape index (κ2) is 9.21. The molecule has 1 amide bonds. The van der Waals surface area contributed by atoms with E-state index in [1.165, 1.54) is 7.11 Å². The number of ether oxygens (including phenoxy) is 2. The Morgan fingerprint density at radius 3 is 2.97 bits per heavy atom. The fourth-order valence-electron chi connectivity index (χ4n) is 3.51. The largest absolute Gasteiger partial charge is 0.473 e. The van der Waals surface area contributed by atoms with E-state index in [-0.39, 0.29) is 6.10 Å². The number of carbonyl (C=O) groups is 2. The van der Waals surface area contributed by atoms with Gasteiger partial charge in [-0.05, 0) is 35.9 Å². The van der Waals surface area contributed by atoms with Gasteiger partial charge >= 0.3 is 5.97 Å². The molecule has 4 rings (SSSR count). The molecule has 156 valence electrons. The number of aromatic nitrogens is 2. The first-order chi connectivity index (χ1) is 14.7. The lowest BCUT2D eigenvalue weighted by atomic mass is 10.0. The highest BCUT2D eigenvalue weighted by Gasteiger charge is 2.27. The van der Waals surface area contributed by atoms with Crippen LogP contribution in [0.15, 0.2) is 48.8 Å². The molecule has 1 aliphatic rings. The van der Waals surface area contributed by atoms with Crippen LogP contribution in [0.2, 0.25) is 0 Å². The number of rotatable bonds is 7. The lowest BCUT2D eigenvalue weighted by Gasteiger charge is -2.18. The standard InChI is InChI=1S/C22H23N3O4S/c1-28-22(27)19(11-14-12-24-18-7-3-2-5-16(14)18)25-20(26)17-6-4-9-23-21(17)29-15-8-10-30-13-15/h2-7,9,12,15,19,24H,8,10-11,13H2,1H3,(H,25,26). The van der Waals surface area contributed by atoms with E-state index < -0.39 is 17.9 Å². The number of aromatic amines is 1. The number of H-pyrrole nitrogens is 1. The van der Waals surface area contributed by atoms with Crippen molar-refractivity contribution in [1.82, 2.24) is 15.3 Å². The highest BCUT2D eigenvalue weighted by Crippen LogP contribution is 2.24. The zero-order valence-corrected chi connectivity index (χ0v) is 17.4. The second-order valence-corrected chi connectivity index (χ2v) is 8.22. The average molecular weight is 426 g/mol. The second-order valence-electron chi connectivity index (χ2n) is 7.07. The number of carbonyl (C=O) groups excluding carboxylic acids is 2. The molecule has 1 aromatic carbocycles. The van der Waals surface area contributed by atoms with Crippen LogP contribution in [0.25, 0.3) is 10.9 Å². The average Bonchev–Trinajstić information content (AvgIpc) is 3.43. The normalized spacial score (nSPS) is 16.9. The molecule has 1 saturated heterocycles. The Bertz CT molecular complexity index is 1050. The summed E-state index contributed by atoms with van der Waals surface area (Å²) in [6.07, 6.45) is 4.71. The van der Waals surface area contributed by atoms with Crippen LogP contribution in [0.5, 0.6) is 5.88 Å². The summed E-state index contributed by atoms with van der Waals surface area (Å²) in [6.45, 7) is 0. The Morgan fingerprint density at radius 1 is 1.30 bits per heavy atom. The molecule has 0 bridgehead atoms. The number of benzene rings is 1. The number of methoxy groups -OCH3 is 1. The van der Waals surface area contributed by atoms with Crippen molar-refractivity contribution in [3.63, 3.8) is 0 Å². The van der Waals surface area contributed by atoms with Crippen molar-refractivity contribution in [1.29, 1.82) is 0 Å². The summed E-state index contributed by atoms with van der Waals surface area (Å²) in [6, 6.07) is 10.3. The molecule has 0 spiro atoms. The minimum Gasteiger partial charge on any atom is -0.473 e. The molecule has 0 saturated carbocycles. The van der Waals surface area contributed by atoms with Crippen LogP contribution in [0, 0.1) is 0 Å². The fourth-order valence-corrected chi connectivity index (χ4v) is 4.61. The van der Waals surface area contributed by atoms with E-state index in [9.17, 15) is 9.59 Å². The number of hydrogen-bond acceptors (Lipinski definition) is 6. The monoisotopic (exact) mass is 425 g/mol. The molecular weight excluding hydrogens is 402 g/mol. The molecule has 2 unspecified atom stereocenters. The predicted molar refractivity (Wildman–Crippen MR) is 116 cm³/mol. The van der Waals surface area contributed by atoms with Crippen molar-refractivity contribution < 1.29 is 19.1 Å². The molecule has 0 radical (unpaired) electrons. The van der Waals surface area contributed by atoms with Crippen LogP contribution in [-0.4, -0.2) is 52.6 Å². The lowest BCUT2D eigenvalue weighted by Crippen LogP contribution is -2.43. The number of pyridine rings is 1. The van der Waals surface area contributed by atoms with Crippen LogP contribution < -0.4 is 10.1 Å². The Labute approximate surface area is 178 Å². The number of thioether (sulfide) groups is 1. The van der Waals surface area contributed by atoms with E-state index in [4.69, 9.17) is 9.47 Å². The lowest BCUT2D eigenvalue weighted by molar-refractivity contribution is -0.142. The Kier molecular flexibility index (Phi) is 6.23. The molecule has 2 atom stereocenters. The number of para-hydroxylation sites is 1. The molecular formula is C22H23N3O4S. The van der Waals surface area contributed by atoms with Crippen LogP contribution >= 0.6 is 11.8 Å². The van der Waals surface area contributed by atoms with Gasteiger partial charge < -0.3 is 19.8 Å². The van der Waals surface area contributed by atoms with Crippen molar-refractivity contribution in [3.05, 3.63) is 59.9 Å². The van der Waals surface area contributed by atoms with Crippen molar-refractivity contribution in [2.24, 2.45) is 0 Å². The summed E-state index contributed by atoms with van der Waals surface area (Å²) in [5, 5.41) is 3.80. The summed E-state index contributed by atoms with van der Waals surface area (Å²) in [4.78, 5) is 32.8. The van der Waals surface area contributed by atoms with Gasteiger partial charge in [-0.3, -0.25) is 4.79 Å². The molecule has 30 heavy (non-hydrogen) atoms. The molecule has 2 aromatic heterocycles. The minimum absolute atomic E-state index is 0.0408. The Morgan fingerprint density at radius 2 is 2.17 bits per heavy atom. The number of hydrogen-bond donors (Lipinski definition) is 2. The molecule has 3 aromatic rings. The van der Waals surface area contributed by atoms with Crippen molar-refractivity contribution in [3.8, 4) is 5.88 Å². The van der Waals surface area contributed by atoms with Gasteiger partial charge in [0.25, 0.3) is 5.91 Å². The fraction of sp³-hybridized carbons (Fsp3) is 0.318. The van der Waals surface area contributed by atoms with Gasteiger partial charge in [0, 0.05) is 35.5 Å². The Hall–Kier alpha value is -3.00. The molecule has 0 aliphatic carbocycles. The van der Waals surface area contributed by atoms with E-state index in [1.807, 2.05) is 42.2 Å². The van der Waals surface area contributed by atoms with Crippen molar-refractivity contribution in [2.45, 2.75) is 25.0 Å². The topological polar surface area (TPSA) is 93.3 Å². The number of esters is 1. The van der Waals surface area contributed by atoms with Gasteiger partial charge in [0.1, 0.15) is 17.7 Å². The summed E-state index contributed by atoms with van der Waals surface area (Å²) in [7, 11) is 1.31. The minimum atomic E-state index is -0.836. The number of nitrogens with one attached hydrogen (secondary N) is 2. The van der Waals surface area contributed by atoms with E-state index in [2.05, 4.69) is 15.3 Å². The van der Waals surface area contributed by atoms with Crippen LogP contribution in [0.3, 0.4) is 0 Å². The van der Waals surface area contributed by atoms with Gasteiger partial charge in [-0.25, -0.2) is 9.78 Å². The smallest absolute Gasteiger partial charge is 0.328 e. The predicted octanol–water partition coefficient (Wildman–Crippen LogP) is 2.96. The summed E-state index contributed by atoms with van der Waals surface area (Å²) in [5.41, 5.74) is 2.20. The van der Waals surface area contributed by atoms with E-state index in [0.717, 1.165) is 34.4 Å². The third-order valence-electron chi connectivity index (χ3n) is 5.07. The number of fused-ring (bicyclic) bond motifs is 1. The molecule has 1 aliphatic heterocycles. The van der Waals surface area contributed by atoms with Gasteiger partial charge in [-0.15, -0.1) is 0 Å². The summed E-state index contributed by atoms with van der Waals surface area (Å²) >= 11 is 1.82. The quantitative estimate of drug-likeness (QED) is 0.566. The molecule has 1 fully saturated rings. The molecule has 3 heterocycles. The van der Waals surface area contributed by atoms with Crippen LogP contribution in [0.4, 0.5) is 0 Å². The summed E-state index contributed by atoms with van der Waals surface area (Å²) < 4.78 is 10.9. The summed E-state index contributed by atoms with van der Waals surface area (Å²) in [5.74, 6) is 1.28. The maximum atomic E-state index is 13.0. The first kappa shape index (κ1) is 20.3. The molecule has 8 heteroatoms. The zero-order chi connectivity index (χ0) is 20.9. The third kappa shape index (κ3) is 4.43. The maximum absolute atomic E-state index is 13.0.